The van der Waals surface area contributed by atoms with Gasteiger partial charge in [0.25, 0.3) is 0 Å². The zero-order chi connectivity index (χ0) is 36.9. The molecule has 11 heteroatoms. The summed E-state index contributed by atoms with van der Waals surface area (Å²) in [7, 11) is 1.69. The highest BCUT2D eigenvalue weighted by Crippen LogP contribution is 2.61. The van der Waals surface area contributed by atoms with E-state index >= 15 is 0 Å². The Morgan fingerprint density at radius 2 is 1.75 bits per heavy atom. The summed E-state index contributed by atoms with van der Waals surface area (Å²) in [6.07, 6.45) is 4.46. The van der Waals surface area contributed by atoms with Crippen molar-refractivity contribution in [3.63, 3.8) is 0 Å². The Balaban J connectivity index is 1.56. The minimum Gasteiger partial charge on any atom is -0.455 e. The van der Waals surface area contributed by atoms with Crippen LogP contribution in [0.25, 0.3) is 0 Å². The molecule has 0 aromatic heterocycles. The molecular formula is C40H50BrN3O7. The average molecular weight is 765 g/mol. The predicted octanol–water partition coefficient (Wildman–Crippen LogP) is 5.38. The monoisotopic (exact) mass is 763 g/mol. The molecule has 3 amide bonds. The van der Waals surface area contributed by atoms with Crippen LogP contribution < -0.4 is 0 Å². The minimum atomic E-state index is -1.35. The quantitative estimate of drug-likeness (QED) is 0.131. The summed E-state index contributed by atoms with van der Waals surface area (Å²) in [6, 6.07) is 15.8. The lowest BCUT2D eigenvalue weighted by atomic mass is 9.70. The van der Waals surface area contributed by atoms with Crippen LogP contribution in [0.2, 0.25) is 0 Å². The van der Waals surface area contributed by atoms with E-state index < -0.39 is 66.3 Å². The van der Waals surface area contributed by atoms with E-state index in [9.17, 15) is 24.3 Å². The number of amides is 3. The van der Waals surface area contributed by atoms with E-state index in [0.29, 0.717) is 30.5 Å². The van der Waals surface area contributed by atoms with Crippen LogP contribution in [0.15, 0.2) is 86.0 Å². The number of hydrogen-bond donors (Lipinski definition) is 1. The van der Waals surface area contributed by atoms with Crippen molar-refractivity contribution in [3.8, 4) is 0 Å². The number of esters is 1. The molecule has 0 radical (unpaired) electrons. The van der Waals surface area contributed by atoms with Crippen LogP contribution in [0, 0.1) is 11.8 Å². The summed E-state index contributed by atoms with van der Waals surface area (Å²) in [6.45, 7) is 11.8. The van der Waals surface area contributed by atoms with Crippen molar-refractivity contribution in [1.82, 2.24) is 14.7 Å². The standard InChI is InChI=1S/C40H50BrN3O7/c1-6-9-21-31(46)42(5)26(4)34(28-19-15-12-16-20-28)50-39(49)32-33-37(47)44(30(25-45)27-17-13-11-14-18-27)36(40(33)24-29(41)35(32)51-40)38(48)43(22-8-3)23-10-7-2/h6,8,11-20,26,29-30,32-36,45H,1,3,7,9-10,21-25H2,2,4-5H3/t26-,29?,30+,32+,33-,34+,35+,36+,40-/m0/s1. The molecule has 51 heavy (non-hydrogen) atoms. The number of ether oxygens (including phenoxy) is 2. The largest absolute Gasteiger partial charge is 0.455 e. The number of aliphatic hydroxyl groups excluding tert-OH is 1. The molecule has 274 valence electrons. The molecule has 1 spiro atoms. The first kappa shape index (κ1) is 38.4. The molecule has 2 aromatic carbocycles. The number of fused-ring (bicyclic) bond motifs is 1. The number of carbonyl (C=O) groups excluding carboxylic acids is 4. The van der Waals surface area contributed by atoms with Crippen molar-refractivity contribution < 1.29 is 33.8 Å². The molecule has 3 heterocycles. The second kappa shape index (κ2) is 16.7. The van der Waals surface area contributed by atoms with Crippen LogP contribution in [-0.4, -0.2) is 98.9 Å². The van der Waals surface area contributed by atoms with E-state index in [1.54, 1.807) is 29.0 Å². The van der Waals surface area contributed by atoms with Gasteiger partial charge in [-0.05, 0) is 37.3 Å². The van der Waals surface area contributed by atoms with Gasteiger partial charge in [0.15, 0.2) is 0 Å². The Kier molecular flexibility index (Phi) is 12.6. The van der Waals surface area contributed by atoms with Crippen LogP contribution in [-0.2, 0) is 28.7 Å². The smallest absolute Gasteiger partial charge is 0.313 e. The number of alkyl halides is 1. The van der Waals surface area contributed by atoms with Gasteiger partial charge >= 0.3 is 5.97 Å². The number of allylic oxidation sites excluding steroid dienone is 1. The van der Waals surface area contributed by atoms with Crippen LogP contribution in [0.4, 0.5) is 0 Å². The van der Waals surface area contributed by atoms with E-state index in [1.807, 2.05) is 74.5 Å². The predicted molar refractivity (Wildman–Crippen MR) is 197 cm³/mol. The van der Waals surface area contributed by atoms with Gasteiger partial charge in [-0.25, -0.2) is 0 Å². The highest BCUT2D eigenvalue weighted by Gasteiger charge is 2.77. The van der Waals surface area contributed by atoms with Crippen LogP contribution in [0.5, 0.6) is 0 Å². The summed E-state index contributed by atoms with van der Waals surface area (Å²) in [5, 5.41) is 10.8. The number of rotatable bonds is 17. The highest BCUT2D eigenvalue weighted by atomic mass is 79.9. The van der Waals surface area contributed by atoms with Gasteiger partial charge in [0, 0.05) is 31.4 Å². The second-order valence-corrected chi connectivity index (χ2v) is 15.0. The number of likely N-dealkylation sites (tertiary alicyclic amines) is 1. The number of unbranched alkanes of at least 4 members (excludes halogenated alkanes) is 1. The Hall–Kier alpha value is -3.80. The van der Waals surface area contributed by atoms with Gasteiger partial charge < -0.3 is 29.3 Å². The Bertz CT molecular complexity index is 1570. The maximum absolute atomic E-state index is 14.9. The lowest BCUT2D eigenvalue weighted by molar-refractivity contribution is -0.165. The van der Waals surface area contributed by atoms with Crippen LogP contribution in [0.3, 0.4) is 0 Å². The van der Waals surface area contributed by atoms with E-state index in [2.05, 4.69) is 29.1 Å². The molecule has 0 aliphatic carbocycles. The van der Waals surface area contributed by atoms with Crippen molar-refractivity contribution in [3.05, 3.63) is 97.1 Å². The molecule has 3 aliphatic rings. The van der Waals surface area contributed by atoms with Gasteiger partial charge in [0.05, 0.1) is 36.6 Å². The molecular weight excluding hydrogens is 714 g/mol. The number of aliphatic hydroxyl groups is 1. The molecule has 3 aliphatic heterocycles. The molecule has 5 rings (SSSR count). The molecule has 10 nitrogen and oxygen atoms in total. The van der Waals surface area contributed by atoms with E-state index in [0.717, 1.165) is 12.8 Å². The number of likely N-dealkylation sites (N-methyl/N-ethyl adjacent to an activating group) is 1. The van der Waals surface area contributed by atoms with Crippen molar-refractivity contribution in [2.75, 3.05) is 26.7 Å². The minimum absolute atomic E-state index is 0.117. The Morgan fingerprint density at radius 1 is 1.10 bits per heavy atom. The third-order valence-corrected chi connectivity index (χ3v) is 11.6. The number of benzene rings is 2. The van der Waals surface area contributed by atoms with Gasteiger partial charge in [-0.15, -0.1) is 13.2 Å². The second-order valence-electron chi connectivity index (χ2n) is 13.8. The fourth-order valence-electron chi connectivity index (χ4n) is 8.07. The van der Waals surface area contributed by atoms with Crippen molar-refractivity contribution >= 4 is 39.6 Å². The van der Waals surface area contributed by atoms with Crippen LogP contribution >= 0.6 is 15.9 Å². The summed E-state index contributed by atoms with van der Waals surface area (Å²) >= 11 is 3.75. The molecule has 1 unspecified atom stereocenters. The molecule has 3 saturated heterocycles. The molecule has 2 bridgehead atoms. The number of carbonyl (C=O) groups is 4. The zero-order valence-electron chi connectivity index (χ0n) is 29.7. The maximum Gasteiger partial charge on any atom is 0.313 e. The van der Waals surface area contributed by atoms with Crippen molar-refractivity contribution in [1.29, 1.82) is 0 Å². The number of nitrogens with zero attached hydrogens (tertiary/aromatic N) is 3. The SMILES string of the molecule is C=CCCC(=O)N(C)[C@@H](C)[C@@H](OC(=O)[C@H]1[C@@H]2O[C@@]3(CC2Br)[C@@H]1C(=O)N([C@H](CO)c1ccccc1)[C@@H]3C(=O)N(CC=C)CCCC)c1ccccc1. The van der Waals surface area contributed by atoms with E-state index in [1.165, 1.54) is 4.90 Å². The van der Waals surface area contributed by atoms with Gasteiger partial charge in [-0.1, -0.05) is 102 Å². The maximum atomic E-state index is 14.9. The molecule has 2 aromatic rings. The normalized spacial score (nSPS) is 26.6. The Labute approximate surface area is 309 Å². The summed E-state index contributed by atoms with van der Waals surface area (Å²) in [5.41, 5.74) is 0.0109. The van der Waals surface area contributed by atoms with E-state index in [-0.39, 0.29) is 29.6 Å². The first-order valence-electron chi connectivity index (χ1n) is 17.9. The van der Waals surface area contributed by atoms with Gasteiger partial charge in [0.2, 0.25) is 17.7 Å². The zero-order valence-corrected chi connectivity index (χ0v) is 31.3. The highest BCUT2D eigenvalue weighted by molar-refractivity contribution is 9.09. The third-order valence-electron chi connectivity index (χ3n) is 10.7. The molecule has 3 fully saturated rings. The summed E-state index contributed by atoms with van der Waals surface area (Å²) in [4.78, 5) is 61.8. The first-order valence-corrected chi connectivity index (χ1v) is 18.8. The number of hydrogen-bond acceptors (Lipinski definition) is 7. The van der Waals surface area contributed by atoms with Gasteiger partial charge in [-0.2, -0.15) is 0 Å². The van der Waals surface area contributed by atoms with E-state index in [4.69, 9.17) is 9.47 Å². The number of halogens is 1. The molecule has 9 atom stereocenters. The average Bonchev–Trinajstić information content (AvgIpc) is 3.74. The summed E-state index contributed by atoms with van der Waals surface area (Å²) in [5.74, 6) is -3.58. The fraction of sp³-hybridized carbons (Fsp3) is 0.500. The molecule has 0 saturated carbocycles. The fourth-order valence-corrected chi connectivity index (χ4v) is 9.02. The lowest BCUT2D eigenvalue weighted by Crippen LogP contribution is -2.57. The van der Waals surface area contributed by atoms with Crippen LogP contribution in [0.1, 0.15) is 69.2 Å². The third kappa shape index (κ3) is 7.30. The van der Waals surface area contributed by atoms with Gasteiger partial charge in [0.1, 0.15) is 17.7 Å². The lowest BCUT2D eigenvalue weighted by Gasteiger charge is -2.39. The van der Waals surface area contributed by atoms with Gasteiger partial charge in [-0.3, -0.25) is 19.2 Å². The first-order chi connectivity index (χ1) is 24.6. The summed E-state index contributed by atoms with van der Waals surface area (Å²) < 4.78 is 13.1. The topological polar surface area (TPSA) is 117 Å². The van der Waals surface area contributed by atoms with Crippen molar-refractivity contribution in [2.45, 2.75) is 86.7 Å². The Morgan fingerprint density at radius 3 is 2.33 bits per heavy atom. The molecule has 1 N–H and O–H groups in total. The van der Waals surface area contributed by atoms with Crippen molar-refractivity contribution in [2.24, 2.45) is 11.8 Å².